The van der Waals surface area contributed by atoms with Crippen molar-refractivity contribution in [3.05, 3.63) is 24.5 Å². The summed E-state index contributed by atoms with van der Waals surface area (Å²) in [6.45, 7) is 3.43. The third-order valence-corrected chi connectivity index (χ3v) is 3.73. The molecule has 2 aromatic heterocycles. The first-order valence-corrected chi connectivity index (χ1v) is 6.70. The molecule has 0 N–H and O–H groups in total. The van der Waals surface area contributed by atoms with Crippen LogP contribution in [-0.4, -0.2) is 53.6 Å². The number of rotatable bonds is 3. The van der Waals surface area contributed by atoms with Crippen LogP contribution in [0.5, 0.6) is 0 Å². The van der Waals surface area contributed by atoms with E-state index < -0.39 is 0 Å². The fourth-order valence-electron chi connectivity index (χ4n) is 2.71. The number of fused-ring (bicyclic) bond motifs is 1. The van der Waals surface area contributed by atoms with Crippen LogP contribution in [0.1, 0.15) is 6.42 Å². The SMILES string of the molecule is CN1CCC(CN(C)c2ccc3nccnc3n2)C1. The lowest BCUT2D eigenvalue weighted by Crippen LogP contribution is -2.27. The van der Waals surface area contributed by atoms with E-state index in [9.17, 15) is 0 Å². The molecule has 19 heavy (non-hydrogen) atoms. The minimum atomic E-state index is 0.718. The Morgan fingerprint density at radius 2 is 2.16 bits per heavy atom. The lowest BCUT2D eigenvalue weighted by atomic mass is 10.1. The molecule has 0 radical (unpaired) electrons. The molecule has 0 spiro atoms. The fourth-order valence-corrected chi connectivity index (χ4v) is 2.71. The predicted molar refractivity (Wildman–Crippen MR) is 76.2 cm³/mol. The van der Waals surface area contributed by atoms with Gasteiger partial charge in [-0.05, 0) is 38.1 Å². The molecule has 0 aliphatic carbocycles. The van der Waals surface area contributed by atoms with Gasteiger partial charge in [0.1, 0.15) is 11.3 Å². The van der Waals surface area contributed by atoms with Crippen molar-refractivity contribution in [2.24, 2.45) is 5.92 Å². The molecule has 5 nitrogen and oxygen atoms in total. The summed E-state index contributed by atoms with van der Waals surface area (Å²) in [5, 5.41) is 0. The van der Waals surface area contributed by atoms with Gasteiger partial charge in [-0.25, -0.2) is 9.97 Å². The van der Waals surface area contributed by atoms with Crippen molar-refractivity contribution in [2.45, 2.75) is 6.42 Å². The molecule has 100 valence electrons. The second kappa shape index (κ2) is 5.09. The Morgan fingerprint density at radius 3 is 2.95 bits per heavy atom. The predicted octanol–water partition coefficient (Wildman–Crippen LogP) is 1.41. The van der Waals surface area contributed by atoms with Crippen LogP contribution in [-0.2, 0) is 0 Å². The van der Waals surface area contributed by atoms with Crippen LogP contribution in [0, 0.1) is 5.92 Å². The summed E-state index contributed by atoms with van der Waals surface area (Å²) in [6.07, 6.45) is 4.65. The zero-order chi connectivity index (χ0) is 13.2. The van der Waals surface area contributed by atoms with Gasteiger partial charge in [-0.15, -0.1) is 0 Å². The van der Waals surface area contributed by atoms with Crippen molar-refractivity contribution in [1.29, 1.82) is 0 Å². The van der Waals surface area contributed by atoms with E-state index in [0.29, 0.717) is 0 Å². The Hall–Kier alpha value is -1.75. The maximum atomic E-state index is 4.57. The normalized spacial score (nSPS) is 20.0. The maximum Gasteiger partial charge on any atom is 0.180 e. The van der Waals surface area contributed by atoms with Crippen molar-refractivity contribution in [3.63, 3.8) is 0 Å². The van der Waals surface area contributed by atoms with E-state index in [4.69, 9.17) is 0 Å². The molecule has 0 saturated carbocycles. The van der Waals surface area contributed by atoms with E-state index >= 15 is 0 Å². The molecule has 0 aromatic carbocycles. The van der Waals surface area contributed by atoms with Gasteiger partial charge in [0.05, 0.1) is 0 Å². The molecular weight excluding hydrogens is 238 g/mol. The van der Waals surface area contributed by atoms with Crippen LogP contribution >= 0.6 is 0 Å². The fraction of sp³-hybridized carbons (Fsp3) is 0.500. The summed E-state index contributed by atoms with van der Waals surface area (Å²) in [6, 6.07) is 4.01. The summed E-state index contributed by atoms with van der Waals surface area (Å²) in [5.41, 5.74) is 1.57. The monoisotopic (exact) mass is 257 g/mol. The topological polar surface area (TPSA) is 45.2 Å². The van der Waals surface area contributed by atoms with Crippen LogP contribution in [0.25, 0.3) is 11.2 Å². The van der Waals surface area contributed by atoms with Crippen LogP contribution in [0.2, 0.25) is 0 Å². The van der Waals surface area contributed by atoms with E-state index in [1.807, 2.05) is 12.1 Å². The molecule has 0 bridgehead atoms. The Morgan fingerprint density at radius 1 is 1.32 bits per heavy atom. The summed E-state index contributed by atoms with van der Waals surface area (Å²) in [5.74, 6) is 1.71. The van der Waals surface area contributed by atoms with Crippen LogP contribution in [0.15, 0.2) is 24.5 Å². The van der Waals surface area contributed by atoms with Gasteiger partial charge in [-0.2, -0.15) is 0 Å². The maximum absolute atomic E-state index is 4.57. The molecular formula is C14H19N5. The average molecular weight is 257 g/mol. The highest BCUT2D eigenvalue weighted by atomic mass is 15.2. The van der Waals surface area contributed by atoms with Gasteiger partial charge in [-0.1, -0.05) is 0 Å². The molecule has 3 heterocycles. The van der Waals surface area contributed by atoms with Crippen molar-refractivity contribution in [3.8, 4) is 0 Å². The summed E-state index contributed by atoms with van der Waals surface area (Å²) < 4.78 is 0. The molecule has 1 aliphatic heterocycles. The number of hydrogen-bond acceptors (Lipinski definition) is 5. The molecule has 2 aromatic rings. The van der Waals surface area contributed by atoms with E-state index in [1.54, 1.807) is 12.4 Å². The van der Waals surface area contributed by atoms with E-state index in [-0.39, 0.29) is 0 Å². The smallest absolute Gasteiger partial charge is 0.180 e. The van der Waals surface area contributed by atoms with Crippen molar-refractivity contribution < 1.29 is 0 Å². The van der Waals surface area contributed by atoms with Crippen LogP contribution < -0.4 is 4.90 Å². The highest BCUT2D eigenvalue weighted by Crippen LogP contribution is 2.19. The average Bonchev–Trinajstić information content (AvgIpc) is 2.83. The van der Waals surface area contributed by atoms with Gasteiger partial charge in [0.2, 0.25) is 0 Å². The second-order valence-corrected chi connectivity index (χ2v) is 5.37. The van der Waals surface area contributed by atoms with Crippen molar-refractivity contribution >= 4 is 17.0 Å². The number of pyridine rings is 1. The van der Waals surface area contributed by atoms with E-state index in [1.165, 1.54) is 19.5 Å². The molecule has 1 unspecified atom stereocenters. The lowest BCUT2D eigenvalue weighted by molar-refractivity contribution is 0.395. The first kappa shape index (κ1) is 12.3. The van der Waals surface area contributed by atoms with Crippen LogP contribution in [0.3, 0.4) is 0 Å². The van der Waals surface area contributed by atoms with Gasteiger partial charge in [0.15, 0.2) is 5.65 Å². The number of hydrogen-bond donors (Lipinski definition) is 0. The number of aromatic nitrogens is 3. The van der Waals surface area contributed by atoms with E-state index in [0.717, 1.165) is 29.4 Å². The quantitative estimate of drug-likeness (QED) is 0.832. The van der Waals surface area contributed by atoms with Crippen molar-refractivity contribution in [2.75, 3.05) is 38.6 Å². The largest absolute Gasteiger partial charge is 0.359 e. The number of nitrogens with zero attached hydrogens (tertiary/aromatic N) is 5. The van der Waals surface area contributed by atoms with Gasteiger partial charge >= 0.3 is 0 Å². The molecule has 0 amide bonds. The lowest BCUT2D eigenvalue weighted by Gasteiger charge is -2.22. The first-order valence-electron chi connectivity index (χ1n) is 6.70. The zero-order valence-electron chi connectivity index (χ0n) is 11.5. The van der Waals surface area contributed by atoms with Gasteiger partial charge in [-0.3, -0.25) is 4.98 Å². The summed E-state index contributed by atoms with van der Waals surface area (Å²) in [7, 11) is 4.28. The second-order valence-electron chi connectivity index (χ2n) is 5.37. The highest BCUT2D eigenvalue weighted by molar-refractivity contribution is 5.71. The summed E-state index contributed by atoms with van der Waals surface area (Å²) in [4.78, 5) is 17.7. The molecule has 1 fully saturated rings. The van der Waals surface area contributed by atoms with Gasteiger partial charge in [0, 0.05) is 32.5 Å². The number of likely N-dealkylation sites (tertiary alicyclic amines) is 1. The van der Waals surface area contributed by atoms with Gasteiger partial charge in [0.25, 0.3) is 0 Å². The van der Waals surface area contributed by atoms with Crippen LogP contribution in [0.4, 0.5) is 5.82 Å². The number of anilines is 1. The molecule has 5 heteroatoms. The minimum absolute atomic E-state index is 0.718. The molecule has 1 aliphatic rings. The molecule has 1 atom stereocenters. The highest BCUT2D eigenvalue weighted by Gasteiger charge is 2.21. The van der Waals surface area contributed by atoms with E-state index in [2.05, 4.69) is 38.8 Å². The van der Waals surface area contributed by atoms with Crippen molar-refractivity contribution in [1.82, 2.24) is 19.9 Å². The third-order valence-electron chi connectivity index (χ3n) is 3.73. The zero-order valence-corrected chi connectivity index (χ0v) is 11.5. The molecule has 3 rings (SSSR count). The Kier molecular flexibility index (Phi) is 3.29. The Bertz CT molecular complexity index is 571. The Balaban J connectivity index is 1.75. The minimum Gasteiger partial charge on any atom is -0.359 e. The summed E-state index contributed by atoms with van der Waals surface area (Å²) >= 11 is 0. The third kappa shape index (κ3) is 2.66. The first-order chi connectivity index (χ1) is 9.22. The Labute approximate surface area is 113 Å². The standard InChI is InChI=1S/C14H19N5/c1-18-8-5-11(9-18)10-19(2)13-4-3-12-14(17-13)16-7-6-15-12/h3-4,6-7,11H,5,8-10H2,1-2H3. The molecule has 1 saturated heterocycles. The van der Waals surface area contributed by atoms with Gasteiger partial charge < -0.3 is 9.80 Å².